The third-order valence-electron chi connectivity index (χ3n) is 3.80. The zero-order valence-corrected chi connectivity index (χ0v) is 14.7. The van der Waals surface area contributed by atoms with Crippen molar-refractivity contribution >= 4 is 45.2 Å². The SMILES string of the molecule is CC(C)C(C)(CN)NC(=O)c1cc2cc(Br)ccc2o1.Cl. The second-order valence-corrected chi connectivity index (χ2v) is 6.44. The van der Waals surface area contributed by atoms with Crippen LogP contribution in [-0.4, -0.2) is 18.0 Å². The summed E-state index contributed by atoms with van der Waals surface area (Å²) in [4.78, 5) is 12.3. The summed E-state index contributed by atoms with van der Waals surface area (Å²) in [5.41, 5.74) is 6.02. The number of carbonyl (C=O) groups is 1. The van der Waals surface area contributed by atoms with E-state index in [-0.39, 0.29) is 24.2 Å². The lowest BCUT2D eigenvalue weighted by Crippen LogP contribution is -2.54. The summed E-state index contributed by atoms with van der Waals surface area (Å²) in [6.07, 6.45) is 0. The first-order valence-electron chi connectivity index (χ1n) is 6.57. The third-order valence-corrected chi connectivity index (χ3v) is 4.29. The largest absolute Gasteiger partial charge is 0.451 e. The molecule has 4 nitrogen and oxygen atoms in total. The average Bonchev–Trinajstić information content (AvgIpc) is 2.81. The Morgan fingerprint density at radius 1 is 1.43 bits per heavy atom. The molecule has 2 aromatic rings. The van der Waals surface area contributed by atoms with E-state index >= 15 is 0 Å². The van der Waals surface area contributed by atoms with Crippen LogP contribution in [0, 0.1) is 5.92 Å². The van der Waals surface area contributed by atoms with E-state index in [4.69, 9.17) is 10.2 Å². The monoisotopic (exact) mass is 374 g/mol. The van der Waals surface area contributed by atoms with Crippen molar-refractivity contribution in [1.82, 2.24) is 5.32 Å². The van der Waals surface area contributed by atoms with Crippen molar-refractivity contribution in [3.63, 3.8) is 0 Å². The van der Waals surface area contributed by atoms with Crippen molar-refractivity contribution in [2.75, 3.05) is 6.54 Å². The molecule has 1 atom stereocenters. The predicted molar refractivity (Wildman–Crippen MR) is 90.9 cm³/mol. The van der Waals surface area contributed by atoms with Gasteiger partial charge in [0.15, 0.2) is 5.76 Å². The van der Waals surface area contributed by atoms with Gasteiger partial charge in [-0.15, -0.1) is 12.4 Å². The van der Waals surface area contributed by atoms with Gasteiger partial charge in [-0.3, -0.25) is 4.79 Å². The van der Waals surface area contributed by atoms with E-state index in [1.54, 1.807) is 6.07 Å². The molecule has 0 spiro atoms. The molecule has 3 N–H and O–H groups in total. The molecule has 1 unspecified atom stereocenters. The number of rotatable bonds is 4. The molecule has 0 saturated heterocycles. The Hall–Kier alpha value is -1.04. The van der Waals surface area contributed by atoms with Crippen LogP contribution < -0.4 is 11.1 Å². The van der Waals surface area contributed by atoms with Gasteiger partial charge >= 0.3 is 0 Å². The predicted octanol–water partition coefficient (Wildman–Crippen LogP) is 3.72. The summed E-state index contributed by atoms with van der Waals surface area (Å²) in [7, 11) is 0. The second kappa shape index (κ2) is 6.81. The lowest BCUT2D eigenvalue weighted by Gasteiger charge is -2.33. The zero-order chi connectivity index (χ0) is 14.9. The number of carbonyl (C=O) groups excluding carboxylic acids is 1. The van der Waals surface area contributed by atoms with E-state index in [2.05, 4.69) is 21.2 Å². The Bertz CT molecular complexity index is 642. The van der Waals surface area contributed by atoms with Gasteiger partial charge in [-0.2, -0.15) is 0 Å². The standard InChI is InChI=1S/C15H19BrN2O2.ClH/c1-9(2)15(3,8-17)18-14(19)13-7-10-6-11(16)4-5-12(10)20-13;/h4-7,9H,8,17H2,1-3H3,(H,18,19);1H. The fourth-order valence-corrected chi connectivity index (χ4v) is 2.26. The zero-order valence-electron chi connectivity index (χ0n) is 12.3. The molecule has 0 aliphatic carbocycles. The Morgan fingerprint density at radius 3 is 2.67 bits per heavy atom. The second-order valence-electron chi connectivity index (χ2n) is 5.52. The molecule has 1 heterocycles. The van der Waals surface area contributed by atoms with E-state index in [0.29, 0.717) is 17.9 Å². The quantitative estimate of drug-likeness (QED) is 0.855. The lowest BCUT2D eigenvalue weighted by atomic mass is 9.88. The maximum atomic E-state index is 12.3. The van der Waals surface area contributed by atoms with E-state index in [1.165, 1.54) is 0 Å². The average molecular weight is 376 g/mol. The van der Waals surface area contributed by atoms with Gasteiger partial charge in [0.05, 0.1) is 5.54 Å². The molecular formula is C15H20BrClN2O2. The summed E-state index contributed by atoms with van der Waals surface area (Å²) in [5, 5.41) is 3.86. The molecule has 21 heavy (non-hydrogen) atoms. The van der Waals surface area contributed by atoms with Crippen LogP contribution in [0.3, 0.4) is 0 Å². The van der Waals surface area contributed by atoms with Crippen molar-refractivity contribution in [3.05, 3.63) is 34.5 Å². The molecule has 0 fully saturated rings. The van der Waals surface area contributed by atoms with Gasteiger partial charge in [0, 0.05) is 16.4 Å². The molecule has 0 saturated carbocycles. The molecule has 0 aliphatic rings. The van der Waals surface area contributed by atoms with Crippen molar-refractivity contribution in [2.24, 2.45) is 11.7 Å². The van der Waals surface area contributed by atoms with Crippen LogP contribution in [0.5, 0.6) is 0 Å². The van der Waals surface area contributed by atoms with Crippen molar-refractivity contribution in [3.8, 4) is 0 Å². The number of furan rings is 1. The van der Waals surface area contributed by atoms with E-state index in [1.807, 2.05) is 39.0 Å². The molecule has 6 heteroatoms. The van der Waals surface area contributed by atoms with Crippen molar-refractivity contribution < 1.29 is 9.21 Å². The highest BCUT2D eigenvalue weighted by Crippen LogP contribution is 2.24. The van der Waals surface area contributed by atoms with Crippen LogP contribution in [-0.2, 0) is 0 Å². The van der Waals surface area contributed by atoms with Gasteiger partial charge in [0.2, 0.25) is 0 Å². The first kappa shape index (κ1) is 18.0. The van der Waals surface area contributed by atoms with Crippen LogP contribution in [0.1, 0.15) is 31.3 Å². The maximum absolute atomic E-state index is 12.3. The molecular weight excluding hydrogens is 356 g/mol. The van der Waals surface area contributed by atoms with Crippen LogP contribution in [0.4, 0.5) is 0 Å². The van der Waals surface area contributed by atoms with Gasteiger partial charge in [-0.25, -0.2) is 0 Å². The van der Waals surface area contributed by atoms with Gasteiger partial charge in [0.1, 0.15) is 5.58 Å². The fourth-order valence-electron chi connectivity index (χ4n) is 1.88. The molecule has 1 aromatic carbocycles. The van der Waals surface area contributed by atoms with Gasteiger partial charge < -0.3 is 15.5 Å². The third kappa shape index (κ3) is 3.78. The van der Waals surface area contributed by atoms with Crippen LogP contribution >= 0.6 is 28.3 Å². The number of nitrogens with two attached hydrogens (primary N) is 1. The lowest BCUT2D eigenvalue weighted by molar-refractivity contribution is 0.0856. The van der Waals surface area contributed by atoms with Crippen LogP contribution in [0.2, 0.25) is 0 Å². The first-order chi connectivity index (χ1) is 9.35. The summed E-state index contributed by atoms with van der Waals surface area (Å²) in [6.45, 7) is 6.38. The number of benzene rings is 1. The van der Waals surface area contributed by atoms with Gasteiger partial charge in [-0.1, -0.05) is 29.8 Å². The Morgan fingerprint density at radius 2 is 2.10 bits per heavy atom. The molecule has 0 radical (unpaired) electrons. The molecule has 2 rings (SSSR count). The van der Waals surface area contributed by atoms with Crippen LogP contribution in [0.25, 0.3) is 11.0 Å². The molecule has 1 amide bonds. The summed E-state index contributed by atoms with van der Waals surface area (Å²) in [6, 6.07) is 7.37. The van der Waals surface area contributed by atoms with Gasteiger partial charge in [0.25, 0.3) is 5.91 Å². The minimum atomic E-state index is -0.448. The number of fused-ring (bicyclic) bond motifs is 1. The summed E-state index contributed by atoms with van der Waals surface area (Å²) < 4.78 is 6.53. The molecule has 0 aliphatic heterocycles. The van der Waals surface area contributed by atoms with Crippen molar-refractivity contribution in [1.29, 1.82) is 0 Å². The normalized spacial score (nSPS) is 13.8. The fraction of sp³-hybridized carbons (Fsp3) is 0.400. The highest BCUT2D eigenvalue weighted by molar-refractivity contribution is 9.10. The minimum Gasteiger partial charge on any atom is -0.451 e. The Balaban J connectivity index is 0.00000220. The smallest absolute Gasteiger partial charge is 0.287 e. The minimum absolute atomic E-state index is 0. The van der Waals surface area contributed by atoms with Crippen LogP contribution in [0.15, 0.2) is 33.2 Å². The Labute approximate surface area is 139 Å². The molecule has 1 aromatic heterocycles. The summed E-state index contributed by atoms with van der Waals surface area (Å²) in [5.74, 6) is 0.298. The highest BCUT2D eigenvalue weighted by atomic mass is 79.9. The highest BCUT2D eigenvalue weighted by Gasteiger charge is 2.30. The first-order valence-corrected chi connectivity index (χ1v) is 7.36. The van der Waals surface area contributed by atoms with Gasteiger partial charge in [-0.05, 0) is 37.1 Å². The van der Waals surface area contributed by atoms with E-state index in [9.17, 15) is 4.79 Å². The molecule has 116 valence electrons. The molecule has 0 bridgehead atoms. The number of hydrogen-bond donors (Lipinski definition) is 2. The maximum Gasteiger partial charge on any atom is 0.287 e. The number of amides is 1. The number of halogens is 2. The number of nitrogens with one attached hydrogen (secondary N) is 1. The number of hydrogen-bond acceptors (Lipinski definition) is 3. The van der Waals surface area contributed by atoms with E-state index in [0.717, 1.165) is 9.86 Å². The summed E-state index contributed by atoms with van der Waals surface area (Å²) >= 11 is 3.40. The van der Waals surface area contributed by atoms with Crippen molar-refractivity contribution in [2.45, 2.75) is 26.3 Å². The topological polar surface area (TPSA) is 68.3 Å². The van der Waals surface area contributed by atoms with E-state index < -0.39 is 5.54 Å². The Kier molecular flexibility index (Phi) is 5.84.